The summed E-state index contributed by atoms with van der Waals surface area (Å²) in [7, 11) is -0.331. The quantitative estimate of drug-likeness (QED) is 0.179. The molecule has 8 rings (SSSR count). The van der Waals surface area contributed by atoms with Gasteiger partial charge in [-0.25, -0.2) is 0 Å². The first-order valence-electron chi connectivity index (χ1n) is 13.5. The van der Waals surface area contributed by atoms with Crippen LogP contribution in [0.25, 0.3) is 65.3 Å². The molecule has 0 spiro atoms. The molecule has 0 aliphatic carbocycles. The van der Waals surface area contributed by atoms with Crippen LogP contribution < -0.4 is 5.46 Å². The predicted octanol–water partition coefficient (Wildman–Crippen LogP) is 8.38. The highest BCUT2D eigenvalue weighted by Crippen LogP contribution is 2.46. The summed E-state index contributed by atoms with van der Waals surface area (Å²) >= 11 is 0. The molecule has 1 saturated heterocycles. The molecule has 1 heterocycles. The van der Waals surface area contributed by atoms with Gasteiger partial charge in [0, 0.05) is 0 Å². The van der Waals surface area contributed by atoms with Crippen molar-refractivity contribution < 1.29 is 9.31 Å². The molecule has 1 aliphatic heterocycles. The Hall–Kier alpha value is -4.44. The van der Waals surface area contributed by atoms with Crippen molar-refractivity contribution in [2.75, 3.05) is 13.2 Å². The van der Waals surface area contributed by atoms with Crippen molar-refractivity contribution in [1.82, 2.24) is 0 Å². The molecule has 0 aromatic heterocycles. The summed E-state index contributed by atoms with van der Waals surface area (Å²) in [5, 5.41) is 9.94. The molecule has 0 N–H and O–H groups in total. The zero-order valence-corrected chi connectivity index (χ0v) is 21.4. The van der Waals surface area contributed by atoms with E-state index in [9.17, 15) is 0 Å². The van der Waals surface area contributed by atoms with E-state index >= 15 is 0 Å². The van der Waals surface area contributed by atoms with Gasteiger partial charge in [-0.3, -0.25) is 0 Å². The van der Waals surface area contributed by atoms with Crippen LogP contribution in [-0.4, -0.2) is 20.3 Å². The van der Waals surface area contributed by atoms with Gasteiger partial charge >= 0.3 is 7.12 Å². The van der Waals surface area contributed by atoms with Gasteiger partial charge in [-0.1, -0.05) is 127 Å². The standard InChI is InChI=1S/C36H25BO2/c1-3-13-27-24(9-1)11-7-17-29(27)35-31-15-5-6-16-32(31)36(30-18-8-12-25-10-2-4-14-28(25)30)34-23-26(19-20-33(34)35)37-38-21-22-39-37/h1-20,23H,21-22H2. The van der Waals surface area contributed by atoms with Crippen molar-refractivity contribution in [3.05, 3.63) is 127 Å². The molecular weight excluding hydrogens is 475 g/mol. The first-order valence-corrected chi connectivity index (χ1v) is 13.5. The predicted molar refractivity (Wildman–Crippen MR) is 165 cm³/mol. The first-order chi connectivity index (χ1) is 19.4. The third kappa shape index (κ3) is 3.59. The Kier molecular flexibility index (Phi) is 5.26. The Morgan fingerprint density at radius 2 is 0.872 bits per heavy atom. The van der Waals surface area contributed by atoms with Gasteiger partial charge in [0.1, 0.15) is 0 Å². The van der Waals surface area contributed by atoms with Crippen LogP contribution in [0.15, 0.2) is 127 Å². The minimum atomic E-state index is -0.331. The average Bonchev–Trinajstić information content (AvgIpc) is 3.55. The second-order valence-electron chi connectivity index (χ2n) is 10.2. The van der Waals surface area contributed by atoms with Gasteiger partial charge in [-0.15, -0.1) is 0 Å². The molecule has 7 aromatic rings. The molecule has 184 valence electrons. The largest absolute Gasteiger partial charge is 0.494 e. The Labute approximate surface area is 227 Å². The molecule has 0 atom stereocenters. The van der Waals surface area contributed by atoms with Gasteiger partial charge in [0.05, 0.1) is 13.2 Å². The van der Waals surface area contributed by atoms with Crippen LogP contribution in [0.5, 0.6) is 0 Å². The van der Waals surface area contributed by atoms with Crippen molar-refractivity contribution in [3.63, 3.8) is 0 Å². The van der Waals surface area contributed by atoms with E-state index in [4.69, 9.17) is 9.31 Å². The van der Waals surface area contributed by atoms with Gasteiger partial charge in [-0.05, 0) is 70.8 Å². The third-order valence-corrected chi connectivity index (χ3v) is 8.06. The van der Waals surface area contributed by atoms with E-state index in [2.05, 4.69) is 127 Å². The zero-order chi connectivity index (χ0) is 25.8. The van der Waals surface area contributed by atoms with Crippen LogP contribution >= 0.6 is 0 Å². The van der Waals surface area contributed by atoms with Crippen molar-refractivity contribution in [1.29, 1.82) is 0 Å². The fourth-order valence-electron chi connectivity index (χ4n) is 6.36. The summed E-state index contributed by atoms with van der Waals surface area (Å²) in [5.41, 5.74) is 6.06. The molecule has 0 bridgehead atoms. The van der Waals surface area contributed by atoms with Gasteiger partial charge in [0.15, 0.2) is 0 Å². The van der Waals surface area contributed by atoms with Crippen LogP contribution in [0.4, 0.5) is 0 Å². The molecule has 0 radical (unpaired) electrons. The second kappa shape index (κ2) is 9.09. The second-order valence-corrected chi connectivity index (χ2v) is 10.2. The van der Waals surface area contributed by atoms with Gasteiger partial charge in [0.2, 0.25) is 0 Å². The lowest BCUT2D eigenvalue weighted by Gasteiger charge is -2.20. The number of benzene rings is 7. The fourth-order valence-corrected chi connectivity index (χ4v) is 6.36. The summed E-state index contributed by atoms with van der Waals surface area (Å²) in [4.78, 5) is 0. The van der Waals surface area contributed by atoms with E-state index in [1.807, 2.05) is 0 Å². The Morgan fingerprint density at radius 3 is 1.46 bits per heavy atom. The third-order valence-electron chi connectivity index (χ3n) is 8.06. The minimum Gasteiger partial charge on any atom is -0.405 e. The van der Waals surface area contributed by atoms with E-state index in [0.717, 1.165) is 5.46 Å². The molecule has 39 heavy (non-hydrogen) atoms. The van der Waals surface area contributed by atoms with E-state index < -0.39 is 0 Å². The monoisotopic (exact) mass is 500 g/mol. The Bertz CT molecular complexity index is 2030. The van der Waals surface area contributed by atoms with E-state index in [0.29, 0.717) is 13.2 Å². The number of rotatable bonds is 3. The highest BCUT2D eigenvalue weighted by molar-refractivity contribution is 6.62. The van der Waals surface area contributed by atoms with Crippen LogP contribution in [0.1, 0.15) is 0 Å². The number of hydrogen-bond donors (Lipinski definition) is 0. The molecule has 1 aliphatic rings. The summed E-state index contributed by atoms with van der Waals surface area (Å²) in [6.07, 6.45) is 0. The van der Waals surface area contributed by atoms with Crippen molar-refractivity contribution in [3.8, 4) is 22.3 Å². The molecular formula is C36H25BO2. The van der Waals surface area contributed by atoms with Crippen molar-refractivity contribution in [2.24, 2.45) is 0 Å². The fraction of sp³-hybridized carbons (Fsp3) is 0.0556. The summed E-state index contributed by atoms with van der Waals surface area (Å²) in [6, 6.07) is 46.2. The average molecular weight is 500 g/mol. The normalized spacial score (nSPS) is 13.7. The summed E-state index contributed by atoms with van der Waals surface area (Å²) < 4.78 is 11.9. The van der Waals surface area contributed by atoms with Gasteiger partial charge < -0.3 is 9.31 Å². The lowest BCUT2D eigenvalue weighted by molar-refractivity contribution is 0.365. The zero-order valence-electron chi connectivity index (χ0n) is 21.4. The first kappa shape index (κ1) is 22.5. The van der Waals surface area contributed by atoms with Gasteiger partial charge in [-0.2, -0.15) is 0 Å². The van der Waals surface area contributed by atoms with Crippen LogP contribution in [0.3, 0.4) is 0 Å². The van der Waals surface area contributed by atoms with Crippen LogP contribution in [0.2, 0.25) is 0 Å². The lowest BCUT2D eigenvalue weighted by Crippen LogP contribution is -2.31. The maximum Gasteiger partial charge on any atom is 0.494 e. The molecule has 1 fully saturated rings. The SMILES string of the molecule is c1ccc2c(-c3c4ccccc4c(-c4cccc5ccccc45)c4cc(B5OCCO5)ccc34)cccc2c1. The molecule has 2 nitrogen and oxygen atoms in total. The molecule has 0 saturated carbocycles. The van der Waals surface area contributed by atoms with Crippen molar-refractivity contribution in [2.45, 2.75) is 0 Å². The highest BCUT2D eigenvalue weighted by atomic mass is 16.6. The van der Waals surface area contributed by atoms with E-state index in [1.165, 1.54) is 65.3 Å². The minimum absolute atomic E-state index is 0.331. The lowest BCUT2D eigenvalue weighted by atomic mass is 9.76. The molecule has 7 aromatic carbocycles. The highest BCUT2D eigenvalue weighted by Gasteiger charge is 2.28. The Morgan fingerprint density at radius 1 is 0.410 bits per heavy atom. The van der Waals surface area contributed by atoms with Crippen LogP contribution in [0, 0.1) is 0 Å². The van der Waals surface area contributed by atoms with E-state index in [-0.39, 0.29) is 7.12 Å². The number of fused-ring (bicyclic) bond motifs is 4. The maximum atomic E-state index is 5.94. The molecule has 0 unspecified atom stereocenters. The maximum absolute atomic E-state index is 5.94. The molecule has 3 heteroatoms. The summed E-state index contributed by atoms with van der Waals surface area (Å²) in [5.74, 6) is 0. The summed E-state index contributed by atoms with van der Waals surface area (Å²) in [6.45, 7) is 1.25. The smallest absolute Gasteiger partial charge is 0.405 e. The van der Waals surface area contributed by atoms with Crippen LogP contribution in [-0.2, 0) is 9.31 Å². The Balaban J connectivity index is 1.56. The van der Waals surface area contributed by atoms with Gasteiger partial charge in [0.25, 0.3) is 0 Å². The number of hydrogen-bond acceptors (Lipinski definition) is 2. The van der Waals surface area contributed by atoms with E-state index in [1.54, 1.807) is 0 Å². The topological polar surface area (TPSA) is 18.5 Å². The molecule has 0 amide bonds. The van der Waals surface area contributed by atoms with Crippen molar-refractivity contribution >= 4 is 55.7 Å².